The third kappa shape index (κ3) is 12.5. The standard InChI is InChI=1S/C54H36N4.C40H27N3.C9H7NO.Al.H/c1-7-19-49-43(13-1)44-14-2-8-20-50(44)56(49)40-31-25-37(26-32-40)55(38-27-33-41(34-28-38)57-51-21-9-3-15-45(51)46-16-4-10-22-52(46)57)39-29-35-42(36-30-39)58-53-23-11-5-17-47(53)48-18-6-12-24-54(48)58;1-3-12-29(13-4-1)36-27-37(42-40(41-36)30-14-5-2-6-15-30)32-17-11-16-31(26-32)28-22-24-33(25-23-28)43-38-20-9-7-18-34(38)35-19-8-10-21-39(35)43;11-8-5-1-3-7-4-2-6-10-9(7)8;;/h1-36H;1-27H;1-6,11H;;/q;;;+1;/p-1. The van der Waals surface area contributed by atoms with Crippen LogP contribution in [0.5, 0.6) is 5.75 Å². The van der Waals surface area contributed by atoms with Crippen LogP contribution in [0.2, 0.25) is 0 Å². The van der Waals surface area contributed by atoms with Gasteiger partial charge in [-0.1, -0.05) is 255 Å². The van der Waals surface area contributed by atoms with Crippen molar-refractivity contribution in [3.8, 4) is 73.5 Å². The lowest BCUT2D eigenvalue weighted by molar-refractivity contribution is 0.622. The van der Waals surface area contributed by atoms with Gasteiger partial charge < -0.3 is 27.0 Å². The maximum atomic E-state index is 5.19. The topological polar surface area (TPSA) is 70.9 Å². The molecule has 6 aromatic heterocycles. The molecule has 22 aromatic rings. The number of para-hydroxylation sites is 9. The Kier molecular flexibility index (Phi) is 17.6. The molecule has 22 rings (SSSR count). The van der Waals surface area contributed by atoms with Crippen molar-refractivity contribution in [2.24, 2.45) is 0 Å². The molecule has 0 fully saturated rings. The van der Waals surface area contributed by atoms with Crippen LogP contribution in [0.3, 0.4) is 0 Å². The van der Waals surface area contributed by atoms with Gasteiger partial charge in [-0.05, 0) is 169 Å². The van der Waals surface area contributed by atoms with Gasteiger partial charge in [-0.15, -0.1) is 0 Å². The number of hydrogen-bond acceptors (Lipinski definition) is 5. The van der Waals surface area contributed by atoms with Crippen LogP contribution in [0.1, 0.15) is 0 Å². The van der Waals surface area contributed by atoms with E-state index in [0.717, 1.165) is 101 Å². The summed E-state index contributed by atoms with van der Waals surface area (Å²) in [5.41, 5.74) is 25.6. The van der Waals surface area contributed by atoms with Gasteiger partial charge in [0.15, 0.2) is 5.82 Å². The number of benzene rings is 16. The van der Waals surface area contributed by atoms with Gasteiger partial charge in [-0.3, -0.25) is 4.98 Å². The van der Waals surface area contributed by atoms with Gasteiger partial charge in [0.2, 0.25) is 0 Å². The first-order valence-electron chi connectivity index (χ1n) is 38.0. The predicted molar refractivity (Wildman–Crippen MR) is 472 cm³/mol. The summed E-state index contributed by atoms with van der Waals surface area (Å²) < 4.78 is 14.7. The van der Waals surface area contributed by atoms with Gasteiger partial charge in [-0.25, -0.2) is 9.97 Å². The number of rotatable bonds is 12. The van der Waals surface area contributed by atoms with E-state index >= 15 is 0 Å². The molecular formula is C103H70AlN8O. The quantitative estimate of drug-likeness (QED) is 0.114. The second-order valence-electron chi connectivity index (χ2n) is 28.2. The zero-order chi connectivity index (χ0) is 75.1. The highest BCUT2D eigenvalue weighted by Crippen LogP contribution is 2.42. The molecule has 0 saturated heterocycles. The van der Waals surface area contributed by atoms with E-state index in [0.29, 0.717) is 0 Å². The van der Waals surface area contributed by atoms with E-state index in [1.807, 2.05) is 66.7 Å². The third-order valence-electron chi connectivity index (χ3n) is 21.6. The Hall–Kier alpha value is -14.7. The fraction of sp³-hybridized carbons (Fsp3) is 0. The SMILES string of the molecule is [AlH][O]c1cccc2cccnc12.c1ccc(-c2cc(-c3cccc(-c4ccc(-n5c6ccccc6c6ccccc65)cc4)c3)nc(-c3ccccc3)n2)cc1.c1ccc2c(c1)c1ccccc1n2-c1ccc(N(c2ccc(-n3c4ccccc4c4ccccc43)cc2)c2ccc(-n3c4ccccc4c4ccccc43)cc2)cc1. The summed E-state index contributed by atoms with van der Waals surface area (Å²) in [6.45, 7) is 0. The molecule has 0 aliphatic carbocycles. The van der Waals surface area contributed by atoms with Crippen molar-refractivity contribution in [3.63, 3.8) is 0 Å². The smallest absolute Gasteiger partial charge is 0.494 e. The number of pyridine rings is 1. The average molecular weight is 1460 g/mol. The molecule has 0 bridgehead atoms. The summed E-state index contributed by atoms with van der Waals surface area (Å²) in [5.74, 6) is 1.56. The monoisotopic (exact) mass is 1460 g/mol. The van der Waals surface area contributed by atoms with Crippen LogP contribution in [-0.4, -0.2) is 49.8 Å². The van der Waals surface area contributed by atoms with E-state index in [1.165, 1.54) is 104 Å². The lowest BCUT2D eigenvalue weighted by Gasteiger charge is -2.26. The van der Waals surface area contributed by atoms with Crippen LogP contribution in [0.4, 0.5) is 17.1 Å². The van der Waals surface area contributed by atoms with Gasteiger partial charge in [-0.2, -0.15) is 0 Å². The van der Waals surface area contributed by atoms with Crippen LogP contribution >= 0.6 is 0 Å². The molecule has 0 atom stereocenters. The summed E-state index contributed by atoms with van der Waals surface area (Å²) in [5, 5.41) is 11.2. The van der Waals surface area contributed by atoms with Crippen molar-refractivity contribution >= 4 is 132 Å². The molecule has 531 valence electrons. The average Bonchev–Trinajstić information content (AvgIpc) is 1.63. The van der Waals surface area contributed by atoms with Crippen molar-refractivity contribution in [2.75, 3.05) is 4.90 Å². The Morgan fingerprint density at radius 1 is 0.239 bits per heavy atom. The van der Waals surface area contributed by atoms with E-state index in [-0.39, 0.29) is 0 Å². The maximum Gasteiger partial charge on any atom is 0.494 e. The highest BCUT2D eigenvalue weighted by molar-refractivity contribution is 6.12. The zero-order valence-electron chi connectivity index (χ0n) is 61.5. The van der Waals surface area contributed by atoms with Crippen LogP contribution in [-0.2, 0) is 0 Å². The molecule has 113 heavy (non-hydrogen) atoms. The molecule has 1 radical (unpaired) electrons. The number of nitrogens with zero attached hydrogens (tertiary/aromatic N) is 8. The van der Waals surface area contributed by atoms with Crippen LogP contribution < -0.4 is 8.69 Å². The van der Waals surface area contributed by atoms with E-state index in [2.05, 4.69) is 374 Å². The van der Waals surface area contributed by atoms with Gasteiger partial charge >= 0.3 is 16.6 Å². The van der Waals surface area contributed by atoms with E-state index in [4.69, 9.17) is 13.8 Å². The Labute approximate surface area is 661 Å². The lowest BCUT2D eigenvalue weighted by atomic mass is 10.0. The largest absolute Gasteiger partial charge is 0.649 e. The minimum absolute atomic E-state index is 0.720. The van der Waals surface area contributed by atoms with Gasteiger partial charge in [0.25, 0.3) is 0 Å². The van der Waals surface area contributed by atoms with Crippen molar-refractivity contribution < 1.29 is 3.79 Å². The maximum absolute atomic E-state index is 5.19. The summed E-state index contributed by atoms with van der Waals surface area (Å²) in [7, 11) is 0. The van der Waals surface area contributed by atoms with E-state index in [1.54, 1.807) is 6.20 Å². The second kappa shape index (κ2) is 29.4. The van der Waals surface area contributed by atoms with Crippen molar-refractivity contribution in [2.45, 2.75) is 0 Å². The highest BCUT2D eigenvalue weighted by atomic mass is 27.1. The Morgan fingerprint density at radius 2 is 0.540 bits per heavy atom. The third-order valence-corrected chi connectivity index (χ3v) is 21.9. The zero-order valence-corrected chi connectivity index (χ0v) is 62.9. The molecule has 0 spiro atoms. The van der Waals surface area contributed by atoms with Gasteiger partial charge in [0, 0.05) is 111 Å². The molecule has 16 aromatic carbocycles. The predicted octanol–water partition coefficient (Wildman–Crippen LogP) is 26.1. The van der Waals surface area contributed by atoms with Gasteiger partial charge in [0.05, 0.1) is 55.5 Å². The van der Waals surface area contributed by atoms with Crippen molar-refractivity contribution in [1.29, 1.82) is 0 Å². The summed E-state index contributed by atoms with van der Waals surface area (Å²) in [4.78, 5) is 16.6. The number of hydrogen-bond donors (Lipinski definition) is 0. The summed E-state index contributed by atoms with van der Waals surface area (Å²) in [6, 6.07) is 146. The van der Waals surface area contributed by atoms with Crippen LogP contribution in [0.15, 0.2) is 419 Å². The molecule has 0 aliphatic heterocycles. The van der Waals surface area contributed by atoms with E-state index < -0.39 is 0 Å². The first kappa shape index (κ1) is 67.7. The van der Waals surface area contributed by atoms with Crippen LogP contribution in [0.25, 0.3) is 166 Å². The molecule has 0 N–H and O–H groups in total. The number of fused-ring (bicyclic) bond motifs is 13. The Balaban J connectivity index is 0.000000132. The molecule has 0 saturated carbocycles. The first-order chi connectivity index (χ1) is 56.0. The summed E-state index contributed by atoms with van der Waals surface area (Å²) in [6.07, 6.45) is 1.77. The van der Waals surface area contributed by atoms with Crippen LogP contribution in [0, 0.1) is 0 Å². The Morgan fingerprint density at radius 3 is 0.912 bits per heavy atom. The lowest BCUT2D eigenvalue weighted by Crippen LogP contribution is -2.10. The fourth-order valence-electron chi connectivity index (χ4n) is 16.4. The minimum Gasteiger partial charge on any atom is -0.649 e. The van der Waals surface area contributed by atoms with Crippen molar-refractivity contribution in [1.82, 2.24) is 33.2 Å². The second-order valence-corrected chi connectivity index (χ2v) is 28.4. The molecule has 0 aliphatic rings. The minimum atomic E-state index is 0.720. The molecular weight excluding hydrogens is 1390 g/mol. The summed E-state index contributed by atoms with van der Waals surface area (Å²) >= 11 is 1.47. The fourth-order valence-corrected chi connectivity index (χ4v) is 16.7. The van der Waals surface area contributed by atoms with E-state index in [9.17, 15) is 0 Å². The van der Waals surface area contributed by atoms with Crippen molar-refractivity contribution in [3.05, 3.63) is 419 Å². The van der Waals surface area contributed by atoms with Gasteiger partial charge in [0.1, 0.15) is 11.3 Å². The Bertz CT molecular complexity index is 6620. The molecule has 0 unspecified atom stereocenters. The molecule has 6 heterocycles. The molecule has 9 nitrogen and oxygen atoms in total. The molecule has 10 heteroatoms. The highest BCUT2D eigenvalue weighted by Gasteiger charge is 2.21. The molecule has 0 amide bonds. The number of anilines is 3. The number of aromatic nitrogens is 7. The first-order valence-corrected chi connectivity index (χ1v) is 38.6. The normalized spacial score (nSPS) is 11.4.